The summed E-state index contributed by atoms with van der Waals surface area (Å²) in [6.45, 7) is 0. The number of hydrogen-bond donors (Lipinski definition) is 0. The van der Waals surface area contributed by atoms with E-state index in [1.54, 1.807) is 10.9 Å². The van der Waals surface area contributed by atoms with Crippen LogP contribution < -0.4 is 4.73 Å². The van der Waals surface area contributed by atoms with Crippen LogP contribution in [0.5, 0.6) is 0 Å². The first-order chi connectivity index (χ1) is 7.69. The first-order valence-electron chi connectivity index (χ1n) is 4.78. The van der Waals surface area contributed by atoms with Crippen LogP contribution in [0.3, 0.4) is 0 Å². The average Bonchev–Trinajstić information content (AvgIpc) is 2.64. The van der Waals surface area contributed by atoms with Gasteiger partial charge < -0.3 is 5.21 Å². The molecule has 80 valence electrons. The van der Waals surface area contributed by atoms with Crippen LogP contribution in [0.1, 0.15) is 5.56 Å². The van der Waals surface area contributed by atoms with Crippen LogP contribution in [-0.2, 0) is 13.5 Å². The summed E-state index contributed by atoms with van der Waals surface area (Å²) in [6, 6.07) is 3.85. The summed E-state index contributed by atoms with van der Waals surface area (Å²) in [5.74, 6) is 0. The second kappa shape index (κ2) is 4.03. The second-order valence-corrected chi connectivity index (χ2v) is 3.53. The summed E-state index contributed by atoms with van der Waals surface area (Å²) >= 11 is 0. The number of pyridine rings is 1. The lowest BCUT2D eigenvalue weighted by Gasteiger charge is -2.01. The fourth-order valence-electron chi connectivity index (χ4n) is 1.53. The fraction of sp³-hybridized carbons (Fsp3) is 0.182. The second-order valence-electron chi connectivity index (χ2n) is 3.53. The molecule has 0 atom stereocenters. The monoisotopic (exact) mass is 214 g/mol. The first-order valence-corrected chi connectivity index (χ1v) is 4.78. The molecule has 0 amide bonds. The number of nitrogens with zero attached hydrogens (tertiary/aromatic N) is 4. The van der Waals surface area contributed by atoms with Gasteiger partial charge in [-0.25, -0.2) is 0 Å². The van der Waals surface area contributed by atoms with Crippen molar-refractivity contribution in [1.82, 2.24) is 9.78 Å². The van der Waals surface area contributed by atoms with E-state index in [0.29, 0.717) is 5.56 Å². The van der Waals surface area contributed by atoms with Gasteiger partial charge in [-0.05, 0) is 6.07 Å². The number of aryl methyl sites for hydroxylation is 1. The van der Waals surface area contributed by atoms with E-state index in [-0.39, 0.29) is 6.42 Å². The molecule has 0 bridgehead atoms. The number of aromatic nitrogens is 3. The van der Waals surface area contributed by atoms with Crippen molar-refractivity contribution < 1.29 is 4.73 Å². The van der Waals surface area contributed by atoms with Crippen LogP contribution in [0.15, 0.2) is 30.9 Å². The van der Waals surface area contributed by atoms with Gasteiger partial charge in [0.2, 0.25) is 0 Å². The predicted octanol–water partition coefficient (Wildman–Crippen LogP) is 0.787. The molecule has 0 aliphatic rings. The van der Waals surface area contributed by atoms with E-state index in [0.717, 1.165) is 15.9 Å². The van der Waals surface area contributed by atoms with E-state index in [1.165, 1.54) is 12.4 Å². The van der Waals surface area contributed by atoms with Gasteiger partial charge in [0.25, 0.3) is 0 Å². The van der Waals surface area contributed by atoms with Gasteiger partial charge in [0.1, 0.15) is 0 Å². The Morgan fingerprint density at radius 1 is 1.50 bits per heavy atom. The van der Waals surface area contributed by atoms with Crippen molar-refractivity contribution >= 4 is 0 Å². The Hall–Kier alpha value is -2.35. The smallest absolute Gasteiger partial charge is 0.188 e. The van der Waals surface area contributed by atoms with E-state index in [2.05, 4.69) is 5.10 Å². The van der Waals surface area contributed by atoms with Crippen molar-refractivity contribution in [3.63, 3.8) is 0 Å². The molecule has 0 spiro atoms. The highest BCUT2D eigenvalue weighted by Crippen LogP contribution is 2.17. The molecule has 0 aromatic carbocycles. The molecule has 5 heteroatoms. The normalized spacial score (nSPS) is 10.0. The highest BCUT2D eigenvalue weighted by molar-refractivity contribution is 5.60. The zero-order chi connectivity index (χ0) is 11.5. The molecule has 0 saturated carbocycles. The van der Waals surface area contributed by atoms with E-state index in [1.807, 2.05) is 25.4 Å². The molecule has 0 unspecified atom stereocenters. The topological polar surface area (TPSA) is 68.5 Å². The van der Waals surface area contributed by atoms with Gasteiger partial charge in [0, 0.05) is 24.4 Å². The Morgan fingerprint density at radius 3 is 2.94 bits per heavy atom. The van der Waals surface area contributed by atoms with Gasteiger partial charge in [0.05, 0.1) is 24.3 Å². The van der Waals surface area contributed by atoms with Crippen LogP contribution in [-0.4, -0.2) is 9.78 Å². The van der Waals surface area contributed by atoms with E-state index >= 15 is 0 Å². The summed E-state index contributed by atoms with van der Waals surface area (Å²) < 4.78 is 2.39. The lowest BCUT2D eigenvalue weighted by Crippen LogP contribution is -2.25. The fourth-order valence-corrected chi connectivity index (χ4v) is 1.53. The molecule has 2 aromatic rings. The van der Waals surface area contributed by atoms with Gasteiger partial charge in [-0.2, -0.15) is 15.1 Å². The molecule has 0 saturated heterocycles. The molecule has 5 nitrogen and oxygen atoms in total. The Morgan fingerprint density at radius 2 is 2.31 bits per heavy atom. The van der Waals surface area contributed by atoms with Gasteiger partial charge >= 0.3 is 0 Å². The van der Waals surface area contributed by atoms with Crippen LogP contribution in [0.2, 0.25) is 0 Å². The molecule has 2 rings (SSSR count). The Bertz CT molecular complexity index is 553. The van der Waals surface area contributed by atoms with Gasteiger partial charge in [0.15, 0.2) is 12.4 Å². The van der Waals surface area contributed by atoms with Crippen LogP contribution in [0, 0.1) is 16.5 Å². The summed E-state index contributed by atoms with van der Waals surface area (Å²) in [5, 5.41) is 24.0. The molecular weight excluding hydrogens is 204 g/mol. The molecule has 0 N–H and O–H groups in total. The zero-order valence-electron chi connectivity index (χ0n) is 8.79. The number of hydrogen-bond acceptors (Lipinski definition) is 3. The minimum atomic E-state index is 0.232. The molecule has 0 aliphatic heterocycles. The molecule has 0 fully saturated rings. The van der Waals surface area contributed by atoms with Crippen LogP contribution >= 0.6 is 0 Å². The molecular formula is C11H10N4O. The van der Waals surface area contributed by atoms with Crippen molar-refractivity contribution in [2.24, 2.45) is 7.05 Å². The maximum Gasteiger partial charge on any atom is 0.188 e. The Labute approximate surface area is 92.8 Å². The van der Waals surface area contributed by atoms with Crippen molar-refractivity contribution in [2.45, 2.75) is 6.42 Å². The molecule has 0 aliphatic carbocycles. The Kier molecular flexibility index (Phi) is 2.56. The summed E-state index contributed by atoms with van der Waals surface area (Å²) in [7, 11) is 1.81. The zero-order valence-corrected chi connectivity index (χ0v) is 8.79. The number of rotatable bonds is 2. The SMILES string of the molecule is Cn1cc(-c2cc(CC#N)c[n+]([O-])c2)cn1. The van der Waals surface area contributed by atoms with Gasteiger partial charge in [-0.15, -0.1) is 0 Å². The maximum atomic E-state index is 11.3. The largest absolute Gasteiger partial charge is 0.619 e. The summed E-state index contributed by atoms with van der Waals surface area (Å²) in [4.78, 5) is 0. The minimum absolute atomic E-state index is 0.232. The maximum absolute atomic E-state index is 11.3. The van der Waals surface area contributed by atoms with Crippen molar-refractivity contribution in [2.75, 3.05) is 0 Å². The van der Waals surface area contributed by atoms with Gasteiger partial charge in [-0.3, -0.25) is 4.68 Å². The lowest BCUT2D eigenvalue weighted by molar-refractivity contribution is -0.605. The first kappa shape index (κ1) is 10.2. The lowest BCUT2D eigenvalue weighted by atomic mass is 10.1. The Balaban J connectivity index is 2.45. The van der Waals surface area contributed by atoms with Gasteiger partial charge in [-0.1, -0.05) is 0 Å². The van der Waals surface area contributed by atoms with E-state index in [9.17, 15) is 5.21 Å². The van der Waals surface area contributed by atoms with Crippen molar-refractivity contribution in [3.8, 4) is 17.2 Å². The third kappa shape index (κ3) is 2.01. The highest BCUT2D eigenvalue weighted by atomic mass is 16.5. The third-order valence-corrected chi connectivity index (χ3v) is 2.22. The third-order valence-electron chi connectivity index (χ3n) is 2.22. The average molecular weight is 214 g/mol. The number of nitriles is 1. The van der Waals surface area contributed by atoms with Crippen molar-refractivity contribution in [1.29, 1.82) is 5.26 Å². The molecule has 2 aromatic heterocycles. The van der Waals surface area contributed by atoms with E-state index < -0.39 is 0 Å². The standard InChI is InChI=1S/C11H10N4O/c1-14-7-11(5-13-14)10-4-9(2-3-12)6-15(16)8-10/h4-8H,2H2,1H3. The predicted molar refractivity (Wildman–Crippen MR) is 56.9 cm³/mol. The van der Waals surface area contributed by atoms with Crippen molar-refractivity contribution in [3.05, 3.63) is 41.6 Å². The highest BCUT2D eigenvalue weighted by Gasteiger charge is 2.07. The molecule has 0 radical (unpaired) electrons. The summed E-state index contributed by atoms with van der Waals surface area (Å²) in [6.07, 6.45) is 6.62. The van der Waals surface area contributed by atoms with E-state index in [4.69, 9.17) is 5.26 Å². The molecule has 2 heterocycles. The van der Waals surface area contributed by atoms with Crippen LogP contribution in [0.25, 0.3) is 11.1 Å². The quantitative estimate of drug-likeness (QED) is 0.548. The molecule has 16 heavy (non-hydrogen) atoms. The summed E-state index contributed by atoms with van der Waals surface area (Å²) in [5.41, 5.74) is 2.35. The minimum Gasteiger partial charge on any atom is -0.619 e. The van der Waals surface area contributed by atoms with Crippen LogP contribution in [0.4, 0.5) is 0 Å².